The van der Waals surface area contributed by atoms with Gasteiger partial charge in [-0.3, -0.25) is 19.2 Å². The van der Waals surface area contributed by atoms with Gasteiger partial charge in [-0.05, 0) is 107 Å². The minimum atomic E-state index is -2.20. The van der Waals surface area contributed by atoms with Gasteiger partial charge in [0.2, 0.25) is 5.79 Å². The summed E-state index contributed by atoms with van der Waals surface area (Å²) < 4.78 is 33.9. The number of aliphatic hydroxyl groups is 3. The summed E-state index contributed by atoms with van der Waals surface area (Å²) in [5, 5.41) is 31.5. The largest absolute Gasteiger partial charge is 0.465 e. The molecular weight excluding hydrogens is 847 g/mol. The van der Waals surface area contributed by atoms with Crippen LogP contribution in [0.2, 0.25) is 0 Å². The van der Waals surface area contributed by atoms with Crippen LogP contribution in [0, 0.1) is 23.7 Å². The van der Waals surface area contributed by atoms with Crippen LogP contribution < -0.4 is 0 Å². The Labute approximate surface area is 397 Å². The van der Waals surface area contributed by atoms with Crippen molar-refractivity contribution in [3.05, 3.63) is 47.6 Å². The molecule has 66 heavy (non-hydrogen) atoms. The van der Waals surface area contributed by atoms with E-state index in [1.807, 2.05) is 64.2 Å². The molecule has 1 rings (SSSR count). The van der Waals surface area contributed by atoms with Gasteiger partial charge in [0.15, 0.2) is 5.78 Å². The highest BCUT2D eigenvalue weighted by Crippen LogP contribution is 2.29. The fourth-order valence-corrected chi connectivity index (χ4v) is 8.37. The topological polar surface area (TPSA) is 188 Å². The summed E-state index contributed by atoms with van der Waals surface area (Å²) in [5.41, 5.74) is 1.56. The number of ether oxygens (including phenoxy) is 6. The minimum absolute atomic E-state index is 0.0249. The normalized spacial score (nSPS) is 19.6. The van der Waals surface area contributed by atoms with Gasteiger partial charge in [-0.15, -0.1) is 0 Å². The molecule has 14 heteroatoms. The molecule has 1 heterocycles. The Kier molecular flexibility index (Phi) is 31.6. The van der Waals surface area contributed by atoms with Gasteiger partial charge < -0.3 is 48.6 Å². The lowest BCUT2D eigenvalue weighted by molar-refractivity contribution is -0.228. The number of Topliss-reactive ketones (excluding diaryl/α,β-unsaturated/α-hetero) is 2. The number of nitrogens with zero attached hydrogens (tertiary/aromatic N) is 1. The molecule has 0 aromatic rings. The summed E-state index contributed by atoms with van der Waals surface area (Å²) in [6, 6.07) is 0. The van der Waals surface area contributed by atoms with Crippen molar-refractivity contribution in [3.8, 4) is 0 Å². The number of hydrogen-bond donors (Lipinski definition) is 3. The van der Waals surface area contributed by atoms with Crippen molar-refractivity contribution in [1.82, 2.24) is 4.90 Å². The fraction of sp³-hybridized carbons (Fsp3) is 0.769. The van der Waals surface area contributed by atoms with Crippen LogP contribution in [-0.4, -0.2) is 141 Å². The number of rotatable bonds is 37. The molecule has 14 nitrogen and oxygen atoms in total. The van der Waals surface area contributed by atoms with E-state index < -0.39 is 35.8 Å². The van der Waals surface area contributed by atoms with Crippen LogP contribution in [0.3, 0.4) is 0 Å². The lowest BCUT2D eigenvalue weighted by Gasteiger charge is -2.34. The molecule has 3 N–H and O–H groups in total. The first kappa shape index (κ1) is 60.9. The third kappa shape index (κ3) is 21.9. The van der Waals surface area contributed by atoms with E-state index in [0.29, 0.717) is 76.2 Å². The molecule has 0 spiro atoms. The van der Waals surface area contributed by atoms with E-state index in [9.17, 15) is 29.4 Å². The fourth-order valence-electron chi connectivity index (χ4n) is 8.37. The maximum atomic E-state index is 13.5. The van der Waals surface area contributed by atoms with E-state index >= 15 is 0 Å². The van der Waals surface area contributed by atoms with Gasteiger partial charge in [0.05, 0.1) is 38.1 Å². The molecule has 0 aromatic carbocycles. The van der Waals surface area contributed by atoms with E-state index in [4.69, 9.17) is 33.5 Å². The third-order valence-corrected chi connectivity index (χ3v) is 13.3. The van der Waals surface area contributed by atoms with E-state index in [1.165, 1.54) is 12.0 Å². The highest BCUT2D eigenvalue weighted by atomic mass is 16.6. The molecule has 0 aromatic heterocycles. The number of carbonyl (C=O) groups is 4. The number of likely N-dealkylation sites (tertiary alicyclic amines) is 1. The Morgan fingerprint density at radius 3 is 2.08 bits per heavy atom. The lowest BCUT2D eigenvalue weighted by Crippen LogP contribution is -2.53. The summed E-state index contributed by atoms with van der Waals surface area (Å²) >= 11 is 0. The number of carbonyl (C=O) groups excluding carboxylic acids is 4. The Morgan fingerprint density at radius 1 is 0.803 bits per heavy atom. The smallest absolute Gasteiger partial charge is 0.295 e. The Morgan fingerprint density at radius 2 is 1.50 bits per heavy atom. The van der Waals surface area contributed by atoms with Crippen molar-refractivity contribution in [2.24, 2.45) is 23.7 Å². The summed E-state index contributed by atoms with van der Waals surface area (Å²) in [6.07, 6.45) is 16.9. The number of aliphatic hydroxyl groups excluding tert-OH is 2. The zero-order valence-corrected chi connectivity index (χ0v) is 42.4. The second kappa shape index (κ2) is 34.2. The predicted octanol–water partition coefficient (Wildman–Crippen LogP) is 7.66. The minimum Gasteiger partial charge on any atom is -0.465 e. The predicted molar refractivity (Wildman–Crippen MR) is 257 cm³/mol. The molecule has 0 radical (unpaired) electrons. The van der Waals surface area contributed by atoms with Crippen molar-refractivity contribution >= 4 is 23.9 Å². The summed E-state index contributed by atoms with van der Waals surface area (Å²) in [6.45, 7) is 17.6. The highest BCUT2D eigenvalue weighted by molar-refractivity contribution is 6.38. The molecule has 380 valence electrons. The standard InChI is InChI=1S/C52H89NO13/c1-12-42(33-45(61-9)35-64-30-29-54)25-26-44(65-36-55)32-40(7)39(6)31-41(8)48(57)49(63-11)47(56)38(5)24-20-17-15-16-19-23-37(4)46(62-10)34-43(13-2)66-52(60,14-3)50(58)51(59)53-27-21-18-22-28-53/h15-17,19,23,31,36,38-40,42-46,48-49,54,57,60H,12-14,18,20-22,24-30,32-35H2,1-11H3/b17-15+,19-16+,37-23+,41-31+/t38-,39-,40?,42+,43?,44?,45-,46+,48-,49?,52?/m1/s1. The molecule has 0 bridgehead atoms. The first-order chi connectivity index (χ1) is 31.5. The van der Waals surface area contributed by atoms with E-state index in [0.717, 1.165) is 44.1 Å². The Bertz CT molecular complexity index is 1510. The Balaban J connectivity index is 2.76. The summed E-state index contributed by atoms with van der Waals surface area (Å²) in [5.74, 6) is -3.84. The van der Waals surface area contributed by atoms with Crippen molar-refractivity contribution in [1.29, 1.82) is 0 Å². The van der Waals surface area contributed by atoms with Crippen LogP contribution in [0.4, 0.5) is 0 Å². The van der Waals surface area contributed by atoms with Crippen LogP contribution in [0.25, 0.3) is 0 Å². The van der Waals surface area contributed by atoms with Crippen molar-refractivity contribution in [2.75, 3.05) is 54.2 Å². The zero-order chi connectivity index (χ0) is 49.7. The van der Waals surface area contributed by atoms with Gasteiger partial charge in [0.1, 0.15) is 18.3 Å². The highest BCUT2D eigenvalue weighted by Gasteiger charge is 2.44. The maximum absolute atomic E-state index is 13.5. The first-order valence-corrected chi connectivity index (χ1v) is 24.5. The van der Waals surface area contributed by atoms with Gasteiger partial charge in [0, 0.05) is 53.2 Å². The van der Waals surface area contributed by atoms with Gasteiger partial charge in [-0.2, -0.15) is 0 Å². The van der Waals surface area contributed by atoms with Gasteiger partial charge in [-0.1, -0.05) is 84.4 Å². The van der Waals surface area contributed by atoms with E-state index in [-0.39, 0.29) is 61.5 Å². The van der Waals surface area contributed by atoms with Crippen LogP contribution in [0.1, 0.15) is 139 Å². The molecular formula is C52H89NO13. The quantitative estimate of drug-likeness (QED) is 0.0138. The average Bonchev–Trinajstić information content (AvgIpc) is 3.32. The molecule has 1 amide bonds. The number of methoxy groups -OCH3 is 3. The van der Waals surface area contributed by atoms with Crippen molar-refractivity contribution < 1.29 is 62.9 Å². The van der Waals surface area contributed by atoms with Crippen LogP contribution in [0.5, 0.6) is 0 Å². The number of amides is 1. The molecule has 1 saturated heterocycles. The van der Waals surface area contributed by atoms with Gasteiger partial charge in [0.25, 0.3) is 18.2 Å². The average molecular weight is 936 g/mol. The number of ketones is 2. The first-order valence-electron chi connectivity index (χ1n) is 24.5. The summed E-state index contributed by atoms with van der Waals surface area (Å²) in [4.78, 5) is 52.5. The van der Waals surface area contributed by atoms with E-state index in [2.05, 4.69) is 20.8 Å². The molecule has 1 aliphatic heterocycles. The lowest BCUT2D eigenvalue weighted by atomic mass is 9.85. The second-order valence-electron chi connectivity index (χ2n) is 18.2. The monoisotopic (exact) mass is 936 g/mol. The number of allylic oxidation sites excluding steroid dienone is 6. The number of hydrogen-bond acceptors (Lipinski definition) is 13. The second-order valence-corrected chi connectivity index (χ2v) is 18.2. The van der Waals surface area contributed by atoms with E-state index in [1.54, 1.807) is 21.1 Å². The Hall–Kier alpha value is -3.08. The SMILES string of the molecule is CCC(C[C@H](OC)/C(C)=C/C=C/C=C/CC[C@@H](C)C(=O)C(OC)[C@H](O)/C(C)=C/[C@@H](C)C(C)CC(CC[C@H](CC)C[C@H](COCCO)OC)OC=O)OC(O)(CC)C(=O)C(=O)N1CCCCC1. The van der Waals surface area contributed by atoms with Crippen LogP contribution >= 0.6 is 0 Å². The maximum Gasteiger partial charge on any atom is 0.295 e. The third-order valence-electron chi connectivity index (χ3n) is 13.3. The molecule has 1 fully saturated rings. The molecule has 11 atom stereocenters. The zero-order valence-electron chi connectivity index (χ0n) is 42.4. The molecule has 0 saturated carbocycles. The molecule has 1 aliphatic rings. The van der Waals surface area contributed by atoms with Crippen molar-refractivity contribution in [3.63, 3.8) is 0 Å². The molecule has 5 unspecified atom stereocenters. The van der Waals surface area contributed by atoms with Crippen molar-refractivity contribution in [2.45, 2.75) is 181 Å². The van der Waals surface area contributed by atoms with Gasteiger partial charge >= 0.3 is 0 Å². The van der Waals surface area contributed by atoms with Gasteiger partial charge in [-0.25, -0.2) is 0 Å². The van der Waals surface area contributed by atoms with Crippen LogP contribution in [-0.2, 0) is 47.6 Å². The van der Waals surface area contributed by atoms with Crippen LogP contribution in [0.15, 0.2) is 47.6 Å². The summed E-state index contributed by atoms with van der Waals surface area (Å²) in [7, 11) is 4.70. The molecule has 0 aliphatic carbocycles. The number of piperidine rings is 1.